The van der Waals surface area contributed by atoms with E-state index in [9.17, 15) is 0 Å². The van der Waals surface area contributed by atoms with Crippen molar-refractivity contribution in [2.75, 3.05) is 12.8 Å². The Hall–Kier alpha value is -0.440. The third-order valence-electron chi connectivity index (χ3n) is 2.40. The molecule has 0 saturated carbocycles. The minimum Gasteiger partial charge on any atom is -0.383 e. The molecule has 2 N–H and O–H groups in total. The monoisotopic (exact) mass is 453 g/mol. The molecule has 0 amide bonds. The molecular weight excluding hydrogens is 444 g/mol. The largest absolute Gasteiger partial charge is 0.383 e. The van der Waals surface area contributed by atoms with Crippen molar-refractivity contribution in [1.82, 2.24) is 9.97 Å². The number of rotatable bonds is 3. The zero-order valence-electron chi connectivity index (χ0n) is 9.95. The number of nitrogen functional groups attached to an aromatic ring is 1. The van der Waals surface area contributed by atoms with Crippen molar-refractivity contribution in [2.24, 2.45) is 0 Å². The van der Waals surface area contributed by atoms with Crippen LogP contribution in [0, 0.1) is 3.57 Å². The summed E-state index contributed by atoms with van der Waals surface area (Å²) in [5.41, 5.74) is 7.52. The van der Waals surface area contributed by atoms with Gasteiger partial charge in [0.1, 0.15) is 5.82 Å². The van der Waals surface area contributed by atoms with Gasteiger partial charge in [0.05, 0.1) is 20.9 Å². The summed E-state index contributed by atoms with van der Waals surface area (Å²) in [4.78, 5) is 8.77. The highest BCUT2D eigenvalue weighted by molar-refractivity contribution is 14.1. The highest BCUT2D eigenvalue weighted by Gasteiger charge is 2.12. The molecule has 0 radical (unpaired) electrons. The van der Waals surface area contributed by atoms with Gasteiger partial charge < -0.3 is 10.5 Å². The molecule has 100 valence electrons. The molecule has 0 fully saturated rings. The molecule has 0 bridgehead atoms. The van der Waals surface area contributed by atoms with Gasteiger partial charge in [-0.3, -0.25) is 0 Å². The van der Waals surface area contributed by atoms with Crippen LogP contribution in [0.2, 0.25) is 5.02 Å². The van der Waals surface area contributed by atoms with Gasteiger partial charge in [0, 0.05) is 17.1 Å². The molecular formula is C12H10BrClIN3O. The predicted octanol–water partition coefficient (Wildman–Crippen LogP) is 3.89. The van der Waals surface area contributed by atoms with E-state index in [0.29, 0.717) is 23.3 Å². The first-order chi connectivity index (χ1) is 9.02. The lowest BCUT2D eigenvalue weighted by atomic mass is 10.2. The van der Waals surface area contributed by atoms with E-state index in [1.54, 1.807) is 13.2 Å². The molecule has 0 unspecified atom stereocenters. The quantitative estimate of drug-likeness (QED) is 0.715. The van der Waals surface area contributed by atoms with Gasteiger partial charge in [-0.25, -0.2) is 9.97 Å². The maximum absolute atomic E-state index is 5.97. The van der Waals surface area contributed by atoms with Crippen molar-refractivity contribution in [3.63, 3.8) is 0 Å². The molecule has 2 aromatic rings. The van der Waals surface area contributed by atoms with Crippen LogP contribution in [0.15, 0.2) is 22.7 Å². The second-order valence-electron chi connectivity index (χ2n) is 3.76. The van der Waals surface area contributed by atoms with E-state index < -0.39 is 0 Å². The van der Waals surface area contributed by atoms with Crippen LogP contribution >= 0.6 is 50.1 Å². The average Bonchev–Trinajstić information content (AvgIpc) is 2.38. The molecule has 1 heterocycles. The molecule has 0 aliphatic heterocycles. The van der Waals surface area contributed by atoms with Crippen LogP contribution in [-0.2, 0) is 11.3 Å². The van der Waals surface area contributed by atoms with Crippen molar-refractivity contribution in [2.45, 2.75) is 6.61 Å². The predicted molar refractivity (Wildman–Crippen MR) is 88.0 cm³/mol. The third-order valence-corrected chi connectivity index (χ3v) is 4.79. The second kappa shape index (κ2) is 6.34. The molecule has 0 spiro atoms. The van der Waals surface area contributed by atoms with Gasteiger partial charge in [0.15, 0.2) is 5.82 Å². The molecule has 0 aliphatic rings. The van der Waals surface area contributed by atoms with Crippen molar-refractivity contribution in [3.05, 3.63) is 37.0 Å². The third kappa shape index (κ3) is 3.36. The molecule has 4 nitrogen and oxygen atoms in total. The Bertz CT molecular complexity index is 624. The first-order valence-electron chi connectivity index (χ1n) is 5.29. The van der Waals surface area contributed by atoms with Gasteiger partial charge in [0.25, 0.3) is 0 Å². The van der Waals surface area contributed by atoms with Gasteiger partial charge >= 0.3 is 0 Å². The lowest BCUT2D eigenvalue weighted by molar-refractivity contribution is 0.181. The Morgan fingerprint density at radius 1 is 1.42 bits per heavy atom. The van der Waals surface area contributed by atoms with Gasteiger partial charge in [-0.2, -0.15) is 0 Å². The van der Waals surface area contributed by atoms with Crippen LogP contribution in [0.1, 0.15) is 5.69 Å². The van der Waals surface area contributed by atoms with Crippen LogP contribution in [0.25, 0.3) is 11.4 Å². The van der Waals surface area contributed by atoms with Crippen molar-refractivity contribution >= 4 is 55.9 Å². The van der Waals surface area contributed by atoms with E-state index in [0.717, 1.165) is 19.3 Å². The number of methoxy groups -OCH3 is 1. The molecule has 7 heteroatoms. The molecule has 0 atom stereocenters. The smallest absolute Gasteiger partial charge is 0.161 e. The fourth-order valence-electron chi connectivity index (χ4n) is 1.51. The van der Waals surface area contributed by atoms with Gasteiger partial charge in [-0.05, 0) is 56.7 Å². The summed E-state index contributed by atoms with van der Waals surface area (Å²) in [7, 11) is 1.62. The lowest BCUT2D eigenvalue weighted by Crippen LogP contribution is -2.05. The molecule has 1 aromatic heterocycles. The summed E-state index contributed by atoms with van der Waals surface area (Å²) in [6.07, 6.45) is 0. The van der Waals surface area contributed by atoms with E-state index in [1.807, 2.05) is 12.1 Å². The summed E-state index contributed by atoms with van der Waals surface area (Å²) in [5, 5.41) is 0.638. The molecule has 0 saturated heterocycles. The summed E-state index contributed by atoms with van der Waals surface area (Å²) in [5.74, 6) is 1.01. The fourth-order valence-corrected chi connectivity index (χ4v) is 2.40. The summed E-state index contributed by atoms with van der Waals surface area (Å²) < 4.78 is 6.72. The number of nitrogens with zero attached hydrogens (tertiary/aromatic N) is 2. The van der Waals surface area contributed by atoms with E-state index in [1.165, 1.54) is 0 Å². The Kier molecular flexibility index (Phi) is 4.99. The average molecular weight is 454 g/mol. The van der Waals surface area contributed by atoms with Crippen molar-refractivity contribution < 1.29 is 4.74 Å². The highest BCUT2D eigenvalue weighted by atomic mass is 127. The van der Waals surface area contributed by atoms with E-state index in [2.05, 4.69) is 48.5 Å². The van der Waals surface area contributed by atoms with Gasteiger partial charge in [0.2, 0.25) is 0 Å². The van der Waals surface area contributed by atoms with Crippen molar-refractivity contribution in [3.8, 4) is 11.4 Å². The number of ether oxygens (including phenoxy) is 1. The van der Waals surface area contributed by atoms with Crippen LogP contribution in [-0.4, -0.2) is 17.1 Å². The number of halogens is 3. The van der Waals surface area contributed by atoms with Gasteiger partial charge in [-0.1, -0.05) is 11.6 Å². The summed E-state index contributed by atoms with van der Waals surface area (Å²) in [6, 6.07) is 5.50. The highest BCUT2D eigenvalue weighted by Crippen LogP contribution is 2.29. The number of aromatic nitrogens is 2. The molecule has 19 heavy (non-hydrogen) atoms. The lowest BCUT2D eigenvalue weighted by Gasteiger charge is -2.09. The number of anilines is 1. The van der Waals surface area contributed by atoms with Gasteiger partial charge in [-0.15, -0.1) is 0 Å². The number of hydrogen-bond donors (Lipinski definition) is 1. The maximum Gasteiger partial charge on any atom is 0.161 e. The topological polar surface area (TPSA) is 61.0 Å². The number of nitrogens with two attached hydrogens (primary N) is 1. The van der Waals surface area contributed by atoms with Crippen molar-refractivity contribution in [1.29, 1.82) is 0 Å². The maximum atomic E-state index is 5.97. The number of benzene rings is 1. The first kappa shape index (κ1) is 15.0. The Labute approximate surface area is 138 Å². The minimum absolute atomic E-state index is 0.396. The second-order valence-corrected chi connectivity index (χ2v) is 6.10. The normalized spacial score (nSPS) is 10.7. The fraction of sp³-hybridized carbons (Fsp3) is 0.167. The first-order valence-corrected chi connectivity index (χ1v) is 7.54. The Morgan fingerprint density at radius 2 is 2.16 bits per heavy atom. The van der Waals surface area contributed by atoms with Crippen LogP contribution in [0.5, 0.6) is 0 Å². The SMILES string of the molecule is COCc1nc(-c2ccc(Cl)c(Br)c2)nc(N)c1I. The molecule has 1 aromatic carbocycles. The zero-order valence-corrected chi connectivity index (χ0v) is 14.5. The Balaban J connectivity index is 2.52. The molecule has 2 rings (SSSR count). The van der Waals surface area contributed by atoms with Crippen LogP contribution in [0.3, 0.4) is 0 Å². The van der Waals surface area contributed by atoms with Crippen LogP contribution in [0.4, 0.5) is 5.82 Å². The van der Waals surface area contributed by atoms with E-state index in [4.69, 9.17) is 22.1 Å². The standard InChI is InChI=1S/C12H10BrClIN3O/c1-19-5-9-10(15)11(16)18-12(17-9)6-2-3-8(14)7(13)4-6/h2-4H,5H2,1H3,(H2,16,17,18). The zero-order chi connectivity index (χ0) is 14.0. The number of hydrogen-bond acceptors (Lipinski definition) is 4. The molecule has 0 aliphatic carbocycles. The summed E-state index contributed by atoms with van der Waals surface area (Å²) in [6.45, 7) is 0.396. The summed E-state index contributed by atoms with van der Waals surface area (Å²) >= 11 is 11.5. The van der Waals surface area contributed by atoms with E-state index >= 15 is 0 Å². The Morgan fingerprint density at radius 3 is 2.79 bits per heavy atom. The van der Waals surface area contributed by atoms with Crippen LogP contribution < -0.4 is 5.73 Å². The minimum atomic E-state index is 0.396. The van der Waals surface area contributed by atoms with E-state index in [-0.39, 0.29) is 0 Å².